The first-order valence-corrected chi connectivity index (χ1v) is 6.14. The molecule has 0 fully saturated rings. The summed E-state index contributed by atoms with van der Waals surface area (Å²) < 4.78 is 13.4. The Labute approximate surface area is 103 Å². The molecular weight excluding hydrogens is 213 g/mol. The summed E-state index contributed by atoms with van der Waals surface area (Å²) in [7, 11) is 0. The Kier molecular flexibility index (Phi) is 6.35. The van der Waals surface area contributed by atoms with E-state index in [0.717, 1.165) is 37.8 Å². The average Bonchev–Trinajstić information content (AvgIpc) is 2.32. The second-order valence-electron chi connectivity index (χ2n) is 4.31. The molecule has 92 valence electrons. The Balaban J connectivity index is 2.23. The lowest BCUT2D eigenvalue weighted by Gasteiger charge is -2.14. The van der Waals surface area contributed by atoms with Crippen LogP contribution in [-0.4, -0.2) is 12.6 Å². The predicted octanol–water partition coefficient (Wildman–Crippen LogP) is 3.15. The van der Waals surface area contributed by atoms with Crippen LogP contribution in [0.3, 0.4) is 0 Å². The van der Waals surface area contributed by atoms with Crippen LogP contribution in [0, 0.1) is 18.2 Å². The smallest absolute Gasteiger partial charge is 0.126 e. The van der Waals surface area contributed by atoms with Gasteiger partial charge in [0.05, 0.1) is 0 Å². The van der Waals surface area contributed by atoms with Crippen LogP contribution in [0.4, 0.5) is 4.39 Å². The van der Waals surface area contributed by atoms with Crippen molar-refractivity contribution in [1.82, 2.24) is 5.32 Å². The van der Waals surface area contributed by atoms with Crippen molar-refractivity contribution in [2.45, 2.75) is 38.6 Å². The fraction of sp³-hybridized carbons (Fsp3) is 0.467. The van der Waals surface area contributed by atoms with Crippen LogP contribution in [0.2, 0.25) is 0 Å². The molecule has 0 radical (unpaired) electrons. The largest absolute Gasteiger partial charge is 0.314 e. The minimum Gasteiger partial charge on any atom is -0.314 e. The van der Waals surface area contributed by atoms with E-state index in [0.29, 0.717) is 0 Å². The molecule has 0 aliphatic rings. The van der Waals surface area contributed by atoms with Crippen LogP contribution in [0.5, 0.6) is 0 Å². The highest BCUT2D eigenvalue weighted by molar-refractivity contribution is 5.18. The Morgan fingerprint density at radius 1 is 1.35 bits per heavy atom. The monoisotopic (exact) mass is 233 g/mol. The van der Waals surface area contributed by atoms with Crippen LogP contribution >= 0.6 is 0 Å². The van der Waals surface area contributed by atoms with Gasteiger partial charge in [-0.05, 0) is 44.4 Å². The zero-order valence-electron chi connectivity index (χ0n) is 10.4. The molecule has 0 aliphatic heterocycles. The molecule has 0 bridgehead atoms. The lowest BCUT2D eigenvalue weighted by atomic mass is 10.1. The minimum atomic E-state index is -0.117. The maximum atomic E-state index is 13.4. The number of terminal acetylenes is 1. The van der Waals surface area contributed by atoms with Crippen molar-refractivity contribution in [3.63, 3.8) is 0 Å². The minimum absolute atomic E-state index is 0.117. The molecular formula is C15H20FN. The Morgan fingerprint density at radius 2 is 2.12 bits per heavy atom. The summed E-state index contributed by atoms with van der Waals surface area (Å²) in [6.45, 7) is 3.02. The van der Waals surface area contributed by atoms with Gasteiger partial charge in [0.15, 0.2) is 0 Å². The molecule has 0 spiro atoms. The van der Waals surface area contributed by atoms with E-state index in [1.165, 1.54) is 6.07 Å². The van der Waals surface area contributed by atoms with Gasteiger partial charge in [-0.25, -0.2) is 4.39 Å². The first-order chi connectivity index (χ1) is 8.24. The van der Waals surface area contributed by atoms with Gasteiger partial charge in [0, 0.05) is 12.5 Å². The summed E-state index contributed by atoms with van der Waals surface area (Å²) in [5.74, 6) is 2.51. The fourth-order valence-corrected chi connectivity index (χ4v) is 1.77. The highest BCUT2D eigenvalue weighted by atomic mass is 19.1. The Bertz CT molecular complexity index is 367. The average molecular weight is 233 g/mol. The first kappa shape index (κ1) is 13.7. The van der Waals surface area contributed by atoms with E-state index in [-0.39, 0.29) is 11.9 Å². The number of halogens is 1. The van der Waals surface area contributed by atoms with Crippen LogP contribution in [0.1, 0.15) is 31.7 Å². The van der Waals surface area contributed by atoms with Crippen LogP contribution < -0.4 is 5.32 Å². The third-order valence-corrected chi connectivity index (χ3v) is 2.72. The van der Waals surface area contributed by atoms with Crippen molar-refractivity contribution in [2.75, 3.05) is 6.54 Å². The number of unbranched alkanes of at least 4 members (excludes halogenated alkanes) is 2. The van der Waals surface area contributed by atoms with Gasteiger partial charge in [0.25, 0.3) is 0 Å². The molecule has 0 aliphatic carbocycles. The number of hydrogen-bond donors (Lipinski definition) is 1. The molecule has 1 rings (SSSR count). The molecule has 1 aromatic carbocycles. The molecule has 1 nitrogen and oxygen atoms in total. The van der Waals surface area contributed by atoms with E-state index < -0.39 is 0 Å². The summed E-state index contributed by atoms with van der Waals surface area (Å²) in [6, 6.07) is 7.23. The molecule has 1 N–H and O–H groups in total. The van der Waals surface area contributed by atoms with Gasteiger partial charge in [-0.2, -0.15) is 0 Å². The molecule has 0 aromatic heterocycles. The van der Waals surface area contributed by atoms with Crippen molar-refractivity contribution in [3.8, 4) is 12.3 Å². The van der Waals surface area contributed by atoms with E-state index in [1.807, 2.05) is 12.1 Å². The fourth-order valence-electron chi connectivity index (χ4n) is 1.77. The molecule has 1 atom stereocenters. The van der Waals surface area contributed by atoms with Gasteiger partial charge < -0.3 is 5.32 Å². The maximum absolute atomic E-state index is 13.4. The summed E-state index contributed by atoms with van der Waals surface area (Å²) in [5, 5.41) is 3.38. The highest BCUT2D eigenvalue weighted by Gasteiger charge is 2.06. The van der Waals surface area contributed by atoms with Gasteiger partial charge in [0.2, 0.25) is 0 Å². The quantitative estimate of drug-likeness (QED) is 0.563. The lowest BCUT2D eigenvalue weighted by Crippen LogP contribution is -2.29. The molecule has 0 amide bonds. The molecule has 2 heteroatoms. The third kappa shape index (κ3) is 5.51. The molecule has 1 unspecified atom stereocenters. The molecule has 1 aromatic rings. The maximum Gasteiger partial charge on any atom is 0.126 e. The van der Waals surface area contributed by atoms with Crippen LogP contribution in [-0.2, 0) is 6.42 Å². The van der Waals surface area contributed by atoms with E-state index in [1.54, 1.807) is 6.07 Å². The molecule has 0 heterocycles. The van der Waals surface area contributed by atoms with Crippen molar-refractivity contribution in [3.05, 3.63) is 35.6 Å². The zero-order chi connectivity index (χ0) is 12.5. The van der Waals surface area contributed by atoms with E-state index >= 15 is 0 Å². The summed E-state index contributed by atoms with van der Waals surface area (Å²) in [6.07, 6.45) is 8.86. The predicted molar refractivity (Wildman–Crippen MR) is 70.3 cm³/mol. The molecule has 0 saturated heterocycles. The van der Waals surface area contributed by atoms with Crippen LogP contribution in [0.25, 0.3) is 0 Å². The van der Waals surface area contributed by atoms with Gasteiger partial charge >= 0.3 is 0 Å². The number of hydrogen-bond acceptors (Lipinski definition) is 1. The summed E-state index contributed by atoms with van der Waals surface area (Å²) in [5.41, 5.74) is 0.774. The van der Waals surface area contributed by atoms with Crippen molar-refractivity contribution >= 4 is 0 Å². The van der Waals surface area contributed by atoms with E-state index in [9.17, 15) is 4.39 Å². The molecule has 0 saturated carbocycles. The Morgan fingerprint density at radius 3 is 2.82 bits per heavy atom. The molecule has 17 heavy (non-hydrogen) atoms. The van der Waals surface area contributed by atoms with Crippen molar-refractivity contribution in [2.24, 2.45) is 0 Å². The van der Waals surface area contributed by atoms with E-state index in [4.69, 9.17) is 6.42 Å². The summed E-state index contributed by atoms with van der Waals surface area (Å²) in [4.78, 5) is 0. The lowest BCUT2D eigenvalue weighted by molar-refractivity contribution is 0.513. The number of nitrogens with one attached hydrogen (secondary N) is 1. The van der Waals surface area contributed by atoms with Crippen molar-refractivity contribution in [1.29, 1.82) is 0 Å². The van der Waals surface area contributed by atoms with Crippen molar-refractivity contribution < 1.29 is 4.39 Å². The topological polar surface area (TPSA) is 12.0 Å². The van der Waals surface area contributed by atoms with Gasteiger partial charge in [0.1, 0.15) is 5.82 Å². The number of benzene rings is 1. The van der Waals surface area contributed by atoms with Gasteiger partial charge in [-0.15, -0.1) is 12.3 Å². The third-order valence-electron chi connectivity index (χ3n) is 2.72. The van der Waals surface area contributed by atoms with Gasteiger partial charge in [-0.3, -0.25) is 0 Å². The van der Waals surface area contributed by atoms with Crippen LogP contribution in [0.15, 0.2) is 24.3 Å². The normalized spacial score (nSPS) is 12.1. The number of rotatable bonds is 7. The SMILES string of the molecule is C#CCCCCNC(C)Cc1ccccc1F. The Hall–Kier alpha value is -1.33. The standard InChI is InChI=1S/C15H20FN/c1-3-4-5-8-11-17-13(2)12-14-9-6-7-10-15(14)16/h1,6-7,9-10,13,17H,4-5,8,11-12H2,2H3. The zero-order valence-corrected chi connectivity index (χ0v) is 10.4. The summed E-state index contributed by atoms with van der Waals surface area (Å²) >= 11 is 0. The highest BCUT2D eigenvalue weighted by Crippen LogP contribution is 2.08. The second-order valence-corrected chi connectivity index (χ2v) is 4.31. The second kappa shape index (κ2) is 7.86. The van der Waals surface area contributed by atoms with E-state index in [2.05, 4.69) is 18.2 Å². The van der Waals surface area contributed by atoms with Gasteiger partial charge in [-0.1, -0.05) is 18.2 Å². The first-order valence-electron chi connectivity index (χ1n) is 6.14.